The summed E-state index contributed by atoms with van der Waals surface area (Å²) in [6, 6.07) is 3.23. The van der Waals surface area contributed by atoms with Crippen molar-refractivity contribution in [1.82, 2.24) is 4.90 Å². The Bertz CT molecular complexity index is 1020. The third-order valence-electron chi connectivity index (χ3n) is 6.58. The summed E-state index contributed by atoms with van der Waals surface area (Å²) in [7, 11) is -2.26. The molecule has 1 saturated carbocycles. The topological polar surface area (TPSA) is 103 Å². The molecule has 0 spiro atoms. The largest absolute Gasteiger partial charge is 0.456 e. The zero-order chi connectivity index (χ0) is 26.8. The first kappa shape index (κ1) is 28.4. The molecule has 0 aromatic carbocycles. The molecule has 5 radical (unpaired) electrons. The van der Waals surface area contributed by atoms with Crippen LogP contribution in [0.5, 0.6) is 0 Å². The molecular formula is C26H32NO7SSi. The van der Waals surface area contributed by atoms with Crippen LogP contribution in [0.2, 0.25) is 18.1 Å². The van der Waals surface area contributed by atoms with E-state index >= 15 is 0 Å². The fourth-order valence-electron chi connectivity index (χ4n) is 3.58. The SMILES string of the molecule is C=CCOC(=O)C(=O)N1C(=O)[C@H]([C@@H](C)O[Si](C)(C)C(C)(C)C)[C@H]1SC(=O)c1ccc([C]2[CH][CH][CH][CH]2)o1. The summed E-state index contributed by atoms with van der Waals surface area (Å²) < 4.78 is 16.9. The van der Waals surface area contributed by atoms with E-state index in [1.165, 1.54) is 6.08 Å². The molecule has 3 rings (SSSR count). The third-order valence-corrected chi connectivity index (χ3v) is 12.3. The van der Waals surface area contributed by atoms with E-state index in [9.17, 15) is 19.2 Å². The van der Waals surface area contributed by atoms with Crippen LogP contribution in [-0.4, -0.2) is 54.2 Å². The number of imide groups is 1. The van der Waals surface area contributed by atoms with E-state index < -0.39 is 48.6 Å². The van der Waals surface area contributed by atoms with Gasteiger partial charge in [-0.25, -0.2) is 4.79 Å². The highest BCUT2D eigenvalue weighted by Gasteiger charge is 2.57. The number of β-lactam (4-membered cyclic amide) rings is 1. The van der Waals surface area contributed by atoms with Gasteiger partial charge in [-0.2, -0.15) is 0 Å². The Morgan fingerprint density at radius 1 is 1.22 bits per heavy atom. The lowest BCUT2D eigenvalue weighted by Gasteiger charge is -2.48. The van der Waals surface area contributed by atoms with Gasteiger partial charge in [0.05, 0.1) is 12.0 Å². The number of hydrogen-bond acceptors (Lipinski definition) is 8. The van der Waals surface area contributed by atoms with Crippen LogP contribution in [0.4, 0.5) is 0 Å². The molecule has 2 aliphatic rings. The van der Waals surface area contributed by atoms with Gasteiger partial charge in [0.25, 0.3) is 5.12 Å². The number of thioether (sulfide) groups is 1. The Hall–Kier alpha value is -2.17. The number of hydrogen-bond donors (Lipinski definition) is 0. The predicted octanol–water partition coefficient (Wildman–Crippen LogP) is 4.36. The van der Waals surface area contributed by atoms with Crippen LogP contribution in [0.25, 0.3) is 0 Å². The Kier molecular flexibility index (Phi) is 8.73. The van der Waals surface area contributed by atoms with Crippen molar-refractivity contribution < 1.29 is 32.8 Å². The molecule has 2 amide bonds. The van der Waals surface area contributed by atoms with Crippen LogP contribution < -0.4 is 0 Å². The van der Waals surface area contributed by atoms with Gasteiger partial charge < -0.3 is 13.6 Å². The van der Waals surface area contributed by atoms with Crippen molar-refractivity contribution in [3.63, 3.8) is 0 Å². The first-order valence-corrected chi connectivity index (χ1v) is 15.4. The summed E-state index contributed by atoms with van der Waals surface area (Å²) >= 11 is 0.761. The van der Waals surface area contributed by atoms with Gasteiger partial charge in [-0.15, -0.1) is 0 Å². The standard InChI is InChI=1S/C26H32NO7SSi/c1-8-15-32-24(30)22(29)27-21(28)20(16(2)34-36(6,7)26(3,4)5)23(27)35-25(31)19-14-13-18(33-19)17-11-9-10-12-17/h8-14,16,20,23H,1,15H2,2-7H3/t16-,20+,23-/m1/s1. The maximum absolute atomic E-state index is 13.1. The van der Waals surface area contributed by atoms with Crippen molar-refractivity contribution >= 4 is 43.0 Å². The minimum Gasteiger partial charge on any atom is -0.456 e. The van der Waals surface area contributed by atoms with Crippen LogP contribution >= 0.6 is 11.8 Å². The highest BCUT2D eigenvalue weighted by molar-refractivity contribution is 8.14. The number of furan rings is 1. The maximum atomic E-state index is 13.1. The number of amides is 2. The van der Waals surface area contributed by atoms with Crippen molar-refractivity contribution in [2.75, 3.05) is 6.61 Å². The molecule has 2 fully saturated rings. The van der Waals surface area contributed by atoms with E-state index in [0.29, 0.717) is 5.76 Å². The molecule has 1 aromatic rings. The predicted molar refractivity (Wildman–Crippen MR) is 138 cm³/mol. The number of esters is 1. The molecule has 0 N–H and O–H groups in total. The summed E-state index contributed by atoms with van der Waals surface area (Å²) in [5.74, 6) is -2.25. The summed E-state index contributed by atoms with van der Waals surface area (Å²) in [6.45, 7) is 15.4. The normalized spacial score (nSPS) is 21.7. The third kappa shape index (κ3) is 5.86. The quantitative estimate of drug-likeness (QED) is 0.161. The van der Waals surface area contributed by atoms with Crippen LogP contribution in [0.3, 0.4) is 0 Å². The summed E-state index contributed by atoms with van der Waals surface area (Å²) in [5, 5.41) is -1.52. The highest BCUT2D eigenvalue weighted by atomic mass is 32.2. The lowest BCUT2D eigenvalue weighted by molar-refractivity contribution is -0.174. The van der Waals surface area contributed by atoms with Crippen LogP contribution in [-0.2, 0) is 23.5 Å². The van der Waals surface area contributed by atoms with E-state index in [1.807, 2.05) is 25.7 Å². The number of carbonyl (C=O) groups is 4. The monoisotopic (exact) mass is 530 g/mol. The number of carbonyl (C=O) groups excluding carboxylic acids is 4. The Labute approximate surface area is 218 Å². The van der Waals surface area contributed by atoms with Crippen molar-refractivity contribution in [2.24, 2.45) is 5.92 Å². The minimum atomic E-state index is -2.26. The van der Waals surface area contributed by atoms with E-state index in [-0.39, 0.29) is 17.4 Å². The average molecular weight is 531 g/mol. The zero-order valence-electron chi connectivity index (χ0n) is 21.4. The van der Waals surface area contributed by atoms with Gasteiger partial charge in [0.15, 0.2) is 14.1 Å². The molecular weight excluding hydrogens is 498 g/mol. The van der Waals surface area contributed by atoms with Gasteiger partial charge in [-0.05, 0) is 62.9 Å². The Balaban J connectivity index is 1.81. The second kappa shape index (κ2) is 11.1. The van der Waals surface area contributed by atoms with E-state index in [0.717, 1.165) is 22.6 Å². The number of nitrogens with zero attached hydrogens (tertiary/aromatic N) is 1. The average Bonchev–Trinajstić information content (AvgIpc) is 3.47. The molecule has 1 saturated heterocycles. The second-order valence-corrected chi connectivity index (χ2v) is 16.0. The van der Waals surface area contributed by atoms with Gasteiger partial charge in [-0.1, -0.05) is 45.2 Å². The molecule has 36 heavy (non-hydrogen) atoms. The van der Waals surface area contributed by atoms with Crippen molar-refractivity contribution in [2.45, 2.75) is 57.3 Å². The van der Waals surface area contributed by atoms with E-state index in [1.54, 1.807) is 19.1 Å². The molecule has 193 valence electrons. The summed E-state index contributed by atoms with van der Waals surface area (Å²) in [4.78, 5) is 52.0. The molecule has 1 aliphatic heterocycles. The Morgan fingerprint density at radius 2 is 1.86 bits per heavy atom. The smallest absolute Gasteiger partial charge is 0.397 e. The molecule has 10 heteroatoms. The highest BCUT2D eigenvalue weighted by Crippen LogP contribution is 2.44. The van der Waals surface area contributed by atoms with Gasteiger partial charge >= 0.3 is 11.9 Å². The lowest BCUT2D eigenvalue weighted by Crippen LogP contribution is -2.67. The van der Waals surface area contributed by atoms with Crippen molar-refractivity contribution in [3.05, 3.63) is 67.9 Å². The van der Waals surface area contributed by atoms with Crippen molar-refractivity contribution in [3.8, 4) is 0 Å². The number of rotatable bonds is 8. The molecule has 0 bridgehead atoms. The zero-order valence-corrected chi connectivity index (χ0v) is 23.2. The van der Waals surface area contributed by atoms with Gasteiger partial charge in [0.2, 0.25) is 5.91 Å². The van der Waals surface area contributed by atoms with Crippen LogP contribution in [0.1, 0.15) is 44.0 Å². The van der Waals surface area contributed by atoms with E-state index in [2.05, 4.69) is 40.4 Å². The van der Waals surface area contributed by atoms with Gasteiger partial charge in [0.1, 0.15) is 17.7 Å². The fourth-order valence-corrected chi connectivity index (χ4v) is 6.24. The van der Waals surface area contributed by atoms with Crippen LogP contribution in [0.15, 0.2) is 29.2 Å². The number of likely N-dealkylation sites (tertiary alicyclic amines) is 1. The first-order valence-electron chi connectivity index (χ1n) is 11.6. The molecule has 3 atom stereocenters. The summed E-state index contributed by atoms with van der Waals surface area (Å²) in [5.41, 5.74) is 0. The number of ether oxygens (including phenoxy) is 1. The van der Waals surface area contributed by atoms with Crippen molar-refractivity contribution in [1.29, 1.82) is 0 Å². The second-order valence-electron chi connectivity index (χ2n) is 10.1. The van der Waals surface area contributed by atoms with Crippen LogP contribution in [0, 0.1) is 37.5 Å². The molecule has 0 unspecified atom stereocenters. The lowest BCUT2D eigenvalue weighted by atomic mass is 9.92. The Morgan fingerprint density at radius 3 is 2.44 bits per heavy atom. The fraction of sp³-hybridized carbons (Fsp3) is 0.423. The first-order chi connectivity index (χ1) is 16.8. The maximum Gasteiger partial charge on any atom is 0.397 e. The molecule has 8 nitrogen and oxygen atoms in total. The summed E-state index contributed by atoms with van der Waals surface area (Å²) in [6.07, 6.45) is 8.17. The van der Waals surface area contributed by atoms with Gasteiger partial charge in [-0.3, -0.25) is 19.3 Å². The minimum absolute atomic E-state index is 0.0777. The van der Waals surface area contributed by atoms with Gasteiger partial charge in [0, 0.05) is 5.92 Å². The van der Waals surface area contributed by atoms with E-state index in [4.69, 9.17) is 13.6 Å². The molecule has 1 aromatic heterocycles. The molecule has 1 aliphatic carbocycles. The molecule has 2 heterocycles.